The van der Waals surface area contributed by atoms with Gasteiger partial charge in [0.05, 0.1) is 18.0 Å². The second-order valence-corrected chi connectivity index (χ2v) is 6.02. The zero-order valence-electron chi connectivity index (χ0n) is 14.3. The zero-order valence-corrected chi connectivity index (χ0v) is 14.3. The molecule has 1 atom stereocenters. The summed E-state index contributed by atoms with van der Waals surface area (Å²) in [7, 11) is 1.54. The molecule has 0 aromatic heterocycles. The van der Waals surface area contributed by atoms with Gasteiger partial charge in [-0.25, -0.2) is 0 Å². The van der Waals surface area contributed by atoms with Crippen molar-refractivity contribution in [2.75, 3.05) is 23.9 Å². The molecule has 1 aliphatic rings. The molecule has 9 heteroatoms. The highest BCUT2D eigenvalue weighted by atomic mass is 19.1. The summed E-state index contributed by atoms with van der Waals surface area (Å²) in [6.45, 7) is 0.181. The molecule has 0 saturated carbocycles. The van der Waals surface area contributed by atoms with Crippen molar-refractivity contribution in [3.05, 3.63) is 58.4 Å². The average Bonchev–Trinajstić information content (AvgIpc) is 3.05. The fraction of sp³-hybridized carbons (Fsp3) is 0.222. The van der Waals surface area contributed by atoms with Crippen LogP contribution in [-0.2, 0) is 9.59 Å². The van der Waals surface area contributed by atoms with Gasteiger partial charge in [-0.1, -0.05) is 0 Å². The van der Waals surface area contributed by atoms with E-state index in [1.54, 1.807) is 24.3 Å². The number of anilines is 2. The summed E-state index contributed by atoms with van der Waals surface area (Å²) in [6.07, 6.45) is 0.0150. The molecule has 2 aromatic carbocycles. The SMILES string of the molecule is COc1ccc(N2CC(C(=O)Nc3ccc(F)c([N+](=O)[O-])c3)CC2=O)cc1. The summed E-state index contributed by atoms with van der Waals surface area (Å²) in [4.78, 5) is 36.1. The van der Waals surface area contributed by atoms with Crippen molar-refractivity contribution in [1.82, 2.24) is 0 Å². The molecule has 1 heterocycles. The third-order valence-corrected chi connectivity index (χ3v) is 4.29. The minimum Gasteiger partial charge on any atom is -0.497 e. The topological polar surface area (TPSA) is 102 Å². The van der Waals surface area contributed by atoms with Crippen molar-refractivity contribution in [3.63, 3.8) is 0 Å². The minimum absolute atomic E-state index is 0.0150. The Morgan fingerprint density at radius 3 is 2.63 bits per heavy atom. The van der Waals surface area contributed by atoms with Crippen molar-refractivity contribution in [3.8, 4) is 5.75 Å². The van der Waals surface area contributed by atoms with Crippen LogP contribution >= 0.6 is 0 Å². The number of carbonyl (C=O) groups excluding carboxylic acids is 2. The minimum atomic E-state index is -0.986. The van der Waals surface area contributed by atoms with Crippen LogP contribution in [0.2, 0.25) is 0 Å². The fourth-order valence-corrected chi connectivity index (χ4v) is 2.87. The van der Waals surface area contributed by atoms with E-state index < -0.39 is 28.3 Å². The lowest BCUT2D eigenvalue weighted by Gasteiger charge is -2.17. The highest BCUT2D eigenvalue weighted by Gasteiger charge is 2.35. The zero-order chi connectivity index (χ0) is 19.6. The van der Waals surface area contributed by atoms with E-state index in [0.29, 0.717) is 11.4 Å². The lowest BCUT2D eigenvalue weighted by Crippen LogP contribution is -2.28. The number of rotatable bonds is 5. The van der Waals surface area contributed by atoms with E-state index in [4.69, 9.17) is 4.74 Å². The molecule has 0 radical (unpaired) electrons. The third-order valence-electron chi connectivity index (χ3n) is 4.29. The van der Waals surface area contributed by atoms with E-state index in [-0.39, 0.29) is 24.6 Å². The van der Waals surface area contributed by atoms with Crippen molar-refractivity contribution in [2.24, 2.45) is 5.92 Å². The third kappa shape index (κ3) is 3.86. The molecule has 8 nitrogen and oxygen atoms in total. The summed E-state index contributed by atoms with van der Waals surface area (Å²) in [5, 5.41) is 13.3. The lowest BCUT2D eigenvalue weighted by atomic mass is 10.1. The number of carbonyl (C=O) groups is 2. The Morgan fingerprint density at radius 2 is 2.00 bits per heavy atom. The van der Waals surface area contributed by atoms with Crippen LogP contribution in [0.5, 0.6) is 5.75 Å². The molecule has 1 aliphatic heterocycles. The fourth-order valence-electron chi connectivity index (χ4n) is 2.87. The van der Waals surface area contributed by atoms with E-state index >= 15 is 0 Å². The Labute approximate surface area is 153 Å². The molecule has 27 heavy (non-hydrogen) atoms. The van der Waals surface area contributed by atoms with Gasteiger partial charge >= 0.3 is 5.69 Å². The molecule has 0 spiro atoms. The number of nitro benzene ring substituents is 1. The molecule has 0 aliphatic carbocycles. The summed E-state index contributed by atoms with van der Waals surface area (Å²) in [5.41, 5.74) is 0.0205. The molecule has 2 amide bonds. The number of hydrogen-bond acceptors (Lipinski definition) is 5. The first kappa shape index (κ1) is 18.3. The maximum absolute atomic E-state index is 13.4. The van der Waals surface area contributed by atoms with Crippen LogP contribution < -0.4 is 15.0 Å². The van der Waals surface area contributed by atoms with Crippen molar-refractivity contribution in [1.29, 1.82) is 0 Å². The van der Waals surface area contributed by atoms with Crippen LogP contribution in [0, 0.1) is 21.8 Å². The van der Waals surface area contributed by atoms with E-state index in [1.807, 2.05) is 0 Å². The van der Waals surface area contributed by atoms with Crippen LogP contribution in [0.15, 0.2) is 42.5 Å². The van der Waals surface area contributed by atoms with Crippen LogP contribution in [0.4, 0.5) is 21.5 Å². The number of methoxy groups -OCH3 is 1. The molecular formula is C18H16FN3O5. The van der Waals surface area contributed by atoms with E-state index in [2.05, 4.69) is 5.32 Å². The van der Waals surface area contributed by atoms with E-state index in [1.165, 1.54) is 18.1 Å². The van der Waals surface area contributed by atoms with Gasteiger partial charge in [0.15, 0.2) is 0 Å². The first-order valence-electron chi connectivity index (χ1n) is 8.08. The van der Waals surface area contributed by atoms with Gasteiger partial charge in [-0.05, 0) is 36.4 Å². The highest BCUT2D eigenvalue weighted by molar-refractivity contribution is 6.03. The van der Waals surface area contributed by atoms with E-state index in [9.17, 15) is 24.1 Å². The Morgan fingerprint density at radius 1 is 1.30 bits per heavy atom. The lowest BCUT2D eigenvalue weighted by molar-refractivity contribution is -0.387. The maximum atomic E-state index is 13.4. The number of nitrogens with zero attached hydrogens (tertiary/aromatic N) is 2. The molecule has 1 unspecified atom stereocenters. The Kier molecular flexibility index (Phi) is 5.02. The monoisotopic (exact) mass is 373 g/mol. The standard InChI is InChI=1S/C18H16FN3O5/c1-27-14-5-3-13(4-6-14)21-10-11(8-17(21)23)18(24)20-12-2-7-15(19)16(9-12)22(25)26/h2-7,9,11H,8,10H2,1H3,(H,20,24). The first-order valence-corrected chi connectivity index (χ1v) is 8.08. The number of ether oxygens (including phenoxy) is 1. The van der Waals surface area contributed by atoms with Gasteiger partial charge in [-0.3, -0.25) is 19.7 Å². The Bertz CT molecular complexity index is 900. The van der Waals surface area contributed by atoms with E-state index in [0.717, 1.165) is 12.1 Å². The second kappa shape index (κ2) is 7.40. The second-order valence-electron chi connectivity index (χ2n) is 6.02. The molecule has 140 valence electrons. The number of benzene rings is 2. The number of halogens is 1. The summed E-state index contributed by atoms with van der Waals surface area (Å²) < 4.78 is 18.5. The van der Waals surface area contributed by atoms with Crippen LogP contribution in [-0.4, -0.2) is 30.4 Å². The molecule has 3 rings (SSSR count). The van der Waals surface area contributed by atoms with Crippen LogP contribution in [0.25, 0.3) is 0 Å². The number of hydrogen-bond donors (Lipinski definition) is 1. The normalized spacial score (nSPS) is 16.3. The average molecular weight is 373 g/mol. The molecular weight excluding hydrogens is 357 g/mol. The Hall–Kier alpha value is -3.49. The molecule has 1 N–H and O–H groups in total. The smallest absolute Gasteiger partial charge is 0.306 e. The number of nitrogens with one attached hydrogen (secondary N) is 1. The van der Waals surface area contributed by atoms with Crippen molar-refractivity contribution < 1.29 is 23.6 Å². The number of amides is 2. The summed E-state index contributed by atoms with van der Waals surface area (Å²) in [5.74, 6) is -1.62. The molecule has 2 aromatic rings. The van der Waals surface area contributed by atoms with Crippen molar-refractivity contribution in [2.45, 2.75) is 6.42 Å². The van der Waals surface area contributed by atoms with Gasteiger partial charge in [0, 0.05) is 30.4 Å². The van der Waals surface area contributed by atoms with Crippen molar-refractivity contribution >= 4 is 28.9 Å². The van der Waals surface area contributed by atoms with Gasteiger partial charge in [-0.2, -0.15) is 4.39 Å². The van der Waals surface area contributed by atoms with Crippen LogP contribution in [0.1, 0.15) is 6.42 Å². The highest BCUT2D eigenvalue weighted by Crippen LogP contribution is 2.28. The predicted molar refractivity (Wildman–Crippen MR) is 95.1 cm³/mol. The quantitative estimate of drug-likeness (QED) is 0.641. The first-order chi connectivity index (χ1) is 12.9. The van der Waals surface area contributed by atoms with Gasteiger partial charge in [0.25, 0.3) is 0 Å². The maximum Gasteiger partial charge on any atom is 0.306 e. The molecule has 0 bridgehead atoms. The molecule has 1 fully saturated rings. The predicted octanol–water partition coefficient (Wildman–Crippen LogP) is 2.73. The van der Waals surface area contributed by atoms with Gasteiger partial charge in [0.2, 0.25) is 17.6 Å². The largest absolute Gasteiger partial charge is 0.497 e. The summed E-state index contributed by atoms with van der Waals surface area (Å²) in [6, 6.07) is 9.97. The van der Waals surface area contributed by atoms with Gasteiger partial charge < -0.3 is 15.0 Å². The number of nitro groups is 1. The Balaban J connectivity index is 1.70. The van der Waals surface area contributed by atoms with Crippen LogP contribution in [0.3, 0.4) is 0 Å². The summed E-state index contributed by atoms with van der Waals surface area (Å²) >= 11 is 0. The molecule has 1 saturated heterocycles. The van der Waals surface area contributed by atoms with Gasteiger partial charge in [0.1, 0.15) is 5.75 Å². The van der Waals surface area contributed by atoms with Gasteiger partial charge in [-0.15, -0.1) is 0 Å².